The number of carboxylic acids is 1. The fourth-order valence-corrected chi connectivity index (χ4v) is 1.98. The van der Waals surface area contributed by atoms with E-state index in [2.05, 4.69) is 5.32 Å². The third-order valence-electron chi connectivity index (χ3n) is 3.06. The zero-order valence-electron chi connectivity index (χ0n) is 12.2. The monoisotopic (exact) mass is 296 g/mol. The number of rotatable bonds is 7. The Balaban J connectivity index is 2.73. The highest BCUT2D eigenvalue weighted by atomic mass is 19.1. The molecule has 0 saturated carbocycles. The van der Waals surface area contributed by atoms with Crippen LogP contribution >= 0.6 is 0 Å². The van der Waals surface area contributed by atoms with Gasteiger partial charge in [-0.15, -0.1) is 0 Å². The second kappa shape index (κ2) is 7.73. The first-order valence-corrected chi connectivity index (χ1v) is 6.83. The second-order valence-electron chi connectivity index (χ2n) is 5.43. The highest BCUT2D eigenvalue weighted by molar-refractivity contribution is 5.86. The highest BCUT2D eigenvalue weighted by Crippen LogP contribution is 2.10. The molecule has 2 atom stereocenters. The van der Waals surface area contributed by atoms with Crippen molar-refractivity contribution in [3.05, 3.63) is 35.6 Å². The van der Waals surface area contributed by atoms with Gasteiger partial charge in [0, 0.05) is 6.42 Å². The van der Waals surface area contributed by atoms with Crippen LogP contribution in [0.2, 0.25) is 0 Å². The molecule has 1 rings (SSSR count). The van der Waals surface area contributed by atoms with E-state index in [0.717, 1.165) is 0 Å². The van der Waals surface area contributed by atoms with Crippen molar-refractivity contribution in [1.29, 1.82) is 0 Å². The van der Waals surface area contributed by atoms with Crippen LogP contribution in [0.5, 0.6) is 0 Å². The average molecular weight is 296 g/mol. The van der Waals surface area contributed by atoms with Gasteiger partial charge in [0.05, 0.1) is 6.04 Å². The summed E-state index contributed by atoms with van der Waals surface area (Å²) in [6.45, 7) is 3.84. The Kier molecular flexibility index (Phi) is 6.30. The maximum Gasteiger partial charge on any atom is 0.326 e. The van der Waals surface area contributed by atoms with Gasteiger partial charge in [0.1, 0.15) is 11.9 Å². The van der Waals surface area contributed by atoms with E-state index in [1.807, 2.05) is 13.8 Å². The lowest BCUT2D eigenvalue weighted by molar-refractivity contribution is -0.142. The summed E-state index contributed by atoms with van der Waals surface area (Å²) in [7, 11) is 0. The Morgan fingerprint density at radius 2 is 1.95 bits per heavy atom. The fraction of sp³-hybridized carbons (Fsp3) is 0.467. The van der Waals surface area contributed by atoms with E-state index >= 15 is 0 Å². The summed E-state index contributed by atoms with van der Waals surface area (Å²) in [6, 6.07) is 3.90. The molecule has 0 spiro atoms. The summed E-state index contributed by atoms with van der Waals surface area (Å²) in [5.74, 6) is -2.03. The minimum atomic E-state index is -1.22. The van der Waals surface area contributed by atoms with Crippen LogP contribution in [-0.4, -0.2) is 29.1 Å². The first-order chi connectivity index (χ1) is 9.81. The fourth-order valence-electron chi connectivity index (χ4n) is 1.98. The lowest BCUT2D eigenvalue weighted by Gasteiger charge is -2.19. The van der Waals surface area contributed by atoms with E-state index in [-0.39, 0.29) is 17.9 Å². The maximum absolute atomic E-state index is 13.6. The third-order valence-corrected chi connectivity index (χ3v) is 3.06. The van der Waals surface area contributed by atoms with Crippen LogP contribution in [0.15, 0.2) is 24.3 Å². The molecule has 21 heavy (non-hydrogen) atoms. The molecule has 0 bridgehead atoms. The van der Waals surface area contributed by atoms with Gasteiger partial charge < -0.3 is 16.2 Å². The van der Waals surface area contributed by atoms with Crippen molar-refractivity contribution in [2.45, 2.75) is 38.8 Å². The Morgan fingerprint density at radius 3 is 2.48 bits per heavy atom. The summed E-state index contributed by atoms with van der Waals surface area (Å²) < 4.78 is 13.6. The maximum atomic E-state index is 13.6. The highest BCUT2D eigenvalue weighted by Gasteiger charge is 2.24. The van der Waals surface area contributed by atoms with E-state index in [1.54, 1.807) is 6.07 Å². The van der Waals surface area contributed by atoms with Crippen LogP contribution in [0.4, 0.5) is 4.39 Å². The summed E-state index contributed by atoms with van der Waals surface area (Å²) in [5.41, 5.74) is 5.95. The lowest BCUT2D eigenvalue weighted by Crippen LogP contribution is -2.49. The molecular weight excluding hydrogens is 275 g/mol. The number of amides is 1. The van der Waals surface area contributed by atoms with Gasteiger partial charge in [0.2, 0.25) is 5.91 Å². The van der Waals surface area contributed by atoms with Crippen LogP contribution in [0.3, 0.4) is 0 Å². The number of carbonyl (C=O) groups excluding carboxylic acids is 1. The standard InChI is InChI=1S/C15H21FN2O3/c1-9(2)7-12(17)14(19)18-13(15(20)21)8-10-5-3-4-6-11(10)16/h3-6,9,12-13H,7-8,17H2,1-2H3,(H,18,19)(H,20,21)/t12-,13?/m0/s1. The number of nitrogens with two attached hydrogens (primary N) is 1. The zero-order chi connectivity index (χ0) is 16.0. The van der Waals surface area contributed by atoms with Gasteiger partial charge in [-0.25, -0.2) is 9.18 Å². The number of hydrogen-bond donors (Lipinski definition) is 3. The number of nitrogens with one attached hydrogen (secondary N) is 1. The quantitative estimate of drug-likeness (QED) is 0.707. The molecule has 0 aliphatic heterocycles. The Labute approximate surface area is 123 Å². The Bertz CT molecular complexity index is 505. The van der Waals surface area contributed by atoms with E-state index in [1.165, 1.54) is 18.2 Å². The van der Waals surface area contributed by atoms with Crippen molar-refractivity contribution in [1.82, 2.24) is 5.32 Å². The first-order valence-electron chi connectivity index (χ1n) is 6.83. The number of benzene rings is 1. The summed E-state index contributed by atoms with van der Waals surface area (Å²) >= 11 is 0. The summed E-state index contributed by atoms with van der Waals surface area (Å²) in [6.07, 6.45) is 0.333. The number of hydrogen-bond acceptors (Lipinski definition) is 3. The van der Waals surface area contributed by atoms with Crippen molar-refractivity contribution in [3.63, 3.8) is 0 Å². The van der Waals surface area contributed by atoms with Crippen LogP contribution < -0.4 is 11.1 Å². The molecule has 4 N–H and O–H groups in total. The van der Waals surface area contributed by atoms with Crippen LogP contribution in [-0.2, 0) is 16.0 Å². The molecule has 0 fully saturated rings. The zero-order valence-corrected chi connectivity index (χ0v) is 12.2. The predicted molar refractivity (Wildman–Crippen MR) is 77.1 cm³/mol. The first kappa shape index (κ1) is 17.1. The molecule has 1 aromatic carbocycles. The van der Waals surface area contributed by atoms with Crippen molar-refractivity contribution in [3.8, 4) is 0 Å². The minimum Gasteiger partial charge on any atom is -0.480 e. The summed E-state index contributed by atoms with van der Waals surface area (Å²) in [5, 5.41) is 11.5. The van der Waals surface area contributed by atoms with Crippen molar-refractivity contribution in [2.75, 3.05) is 0 Å². The van der Waals surface area contributed by atoms with Gasteiger partial charge in [-0.05, 0) is 24.0 Å². The molecule has 5 nitrogen and oxygen atoms in total. The summed E-state index contributed by atoms with van der Waals surface area (Å²) in [4.78, 5) is 23.1. The van der Waals surface area contributed by atoms with E-state index in [0.29, 0.717) is 6.42 Å². The number of halogens is 1. The normalized spacial score (nSPS) is 13.8. The molecule has 1 aromatic rings. The third kappa shape index (κ3) is 5.51. The Morgan fingerprint density at radius 1 is 1.33 bits per heavy atom. The van der Waals surface area contributed by atoms with Gasteiger partial charge >= 0.3 is 5.97 Å². The SMILES string of the molecule is CC(C)C[C@H](N)C(=O)NC(Cc1ccccc1F)C(=O)O. The van der Waals surface area contributed by atoms with Gasteiger partial charge in [-0.3, -0.25) is 4.79 Å². The smallest absolute Gasteiger partial charge is 0.326 e. The van der Waals surface area contributed by atoms with Crippen LogP contribution in [0, 0.1) is 11.7 Å². The number of carbonyl (C=O) groups is 2. The minimum absolute atomic E-state index is 0.123. The molecular formula is C15H21FN2O3. The number of aliphatic carboxylic acids is 1. The largest absolute Gasteiger partial charge is 0.480 e. The lowest BCUT2D eigenvalue weighted by atomic mass is 10.0. The Hall–Kier alpha value is -1.95. The predicted octanol–water partition coefficient (Wildman–Crippen LogP) is 1.31. The van der Waals surface area contributed by atoms with E-state index < -0.39 is 29.8 Å². The van der Waals surface area contributed by atoms with Crippen LogP contribution in [0.1, 0.15) is 25.8 Å². The molecule has 0 aromatic heterocycles. The second-order valence-corrected chi connectivity index (χ2v) is 5.43. The molecule has 6 heteroatoms. The topological polar surface area (TPSA) is 92.4 Å². The van der Waals surface area contributed by atoms with Gasteiger partial charge in [-0.1, -0.05) is 32.0 Å². The molecule has 1 amide bonds. The van der Waals surface area contributed by atoms with E-state index in [4.69, 9.17) is 10.8 Å². The van der Waals surface area contributed by atoms with Gasteiger partial charge in [0.15, 0.2) is 0 Å². The molecule has 116 valence electrons. The van der Waals surface area contributed by atoms with E-state index in [9.17, 15) is 14.0 Å². The van der Waals surface area contributed by atoms with Crippen LogP contribution in [0.25, 0.3) is 0 Å². The molecule has 1 unspecified atom stereocenters. The molecule has 0 heterocycles. The van der Waals surface area contributed by atoms with Crippen molar-refractivity contribution >= 4 is 11.9 Å². The number of carboxylic acid groups (broad SMARTS) is 1. The van der Waals surface area contributed by atoms with Crippen molar-refractivity contribution < 1.29 is 19.1 Å². The molecule has 0 aliphatic carbocycles. The molecule has 0 aliphatic rings. The molecule has 0 radical (unpaired) electrons. The molecule has 0 saturated heterocycles. The van der Waals surface area contributed by atoms with Gasteiger partial charge in [0.25, 0.3) is 0 Å². The van der Waals surface area contributed by atoms with Gasteiger partial charge in [-0.2, -0.15) is 0 Å². The average Bonchev–Trinajstić information content (AvgIpc) is 2.39. The van der Waals surface area contributed by atoms with Crippen molar-refractivity contribution in [2.24, 2.45) is 11.7 Å².